The van der Waals surface area contributed by atoms with Gasteiger partial charge in [0.1, 0.15) is 11.2 Å². The lowest BCUT2D eigenvalue weighted by Gasteiger charge is -2.44. The maximum absolute atomic E-state index is 13.3. The van der Waals surface area contributed by atoms with Crippen molar-refractivity contribution in [1.29, 1.82) is 0 Å². The molecule has 1 saturated carbocycles. The molecule has 2 aliphatic rings. The van der Waals surface area contributed by atoms with Crippen molar-refractivity contribution in [2.45, 2.75) is 44.3 Å². The van der Waals surface area contributed by atoms with Crippen LogP contribution in [-0.2, 0) is 0 Å². The van der Waals surface area contributed by atoms with Gasteiger partial charge in [-0.25, -0.2) is 0 Å². The molecule has 1 aliphatic carbocycles. The van der Waals surface area contributed by atoms with Crippen LogP contribution in [0.1, 0.15) is 54.2 Å². The molecule has 0 unspecified atom stereocenters. The molecule has 2 aromatic carbocycles. The number of nitrogens with zero attached hydrogens (tertiary/aromatic N) is 2. The Balaban J connectivity index is 1.79. The van der Waals surface area contributed by atoms with E-state index in [1.165, 1.54) is 18.6 Å². The van der Waals surface area contributed by atoms with Gasteiger partial charge in [0.05, 0.1) is 10.5 Å². The van der Waals surface area contributed by atoms with Gasteiger partial charge in [0.25, 0.3) is 11.6 Å². The summed E-state index contributed by atoms with van der Waals surface area (Å²) in [4.78, 5) is 26.0. The monoisotopic (exact) mass is 385 g/mol. The Labute approximate surface area is 162 Å². The summed E-state index contributed by atoms with van der Waals surface area (Å²) in [7, 11) is 0. The van der Waals surface area contributed by atoms with E-state index in [9.17, 15) is 14.9 Å². The number of nitro groups is 1. The van der Waals surface area contributed by atoms with E-state index in [1.54, 1.807) is 6.07 Å². The van der Waals surface area contributed by atoms with Crippen molar-refractivity contribution in [2.75, 3.05) is 5.32 Å². The van der Waals surface area contributed by atoms with Crippen LogP contribution in [0.15, 0.2) is 42.5 Å². The van der Waals surface area contributed by atoms with E-state index < -0.39 is 11.1 Å². The normalized spacial score (nSPS) is 20.1. The van der Waals surface area contributed by atoms with Crippen LogP contribution in [0.5, 0.6) is 0 Å². The van der Waals surface area contributed by atoms with Crippen molar-refractivity contribution in [3.05, 3.63) is 68.7 Å². The van der Waals surface area contributed by atoms with E-state index >= 15 is 0 Å². The fourth-order valence-corrected chi connectivity index (χ4v) is 4.27. The average molecular weight is 386 g/mol. The Morgan fingerprint density at radius 1 is 1.11 bits per heavy atom. The number of fused-ring (bicyclic) bond motifs is 1. The van der Waals surface area contributed by atoms with Crippen LogP contribution < -0.4 is 5.32 Å². The van der Waals surface area contributed by atoms with Gasteiger partial charge in [0.15, 0.2) is 0 Å². The number of anilines is 1. The molecule has 6 nitrogen and oxygen atoms in total. The molecule has 27 heavy (non-hydrogen) atoms. The molecule has 0 radical (unpaired) electrons. The summed E-state index contributed by atoms with van der Waals surface area (Å²) in [5.41, 5.74) is 1.91. The van der Waals surface area contributed by atoms with Gasteiger partial charge in [-0.05, 0) is 31.0 Å². The van der Waals surface area contributed by atoms with Gasteiger partial charge in [-0.1, -0.05) is 49.1 Å². The molecule has 7 heteroatoms. The number of carbonyl (C=O) groups is 1. The van der Waals surface area contributed by atoms with Crippen LogP contribution in [-0.4, -0.2) is 21.8 Å². The number of nitro benzene ring substituents is 1. The van der Waals surface area contributed by atoms with Crippen LogP contribution in [0.4, 0.5) is 11.4 Å². The minimum Gasteiger partial charge on any atom is -0.361 e. The molecule has 1 N–H and O–H groups in total. The second-order valence-electron chi connectivity index (χ2n) is 7.06. The number of hydrogen-bond donors (Lipinski definition) is 1. The quantitative estimate of drug-likeness (QED) is 0.585. The fourth-order valence-electron chi connectivity index (χ4n) is 4.09. The highest BCUT2D eigenvalue weighted by atomic mass is 35.5. The maximum atomic E-state index is 13.3. The van der Waals surface area contributed by atoms with E-state index in [1.807, 2.05) is 29.2 Å². The lowest BCUT2D eigenvalue weighted by molar-refractivity contribution is -0.384. The lowest BCUT2D eigenvalue weighted by Crippen LogP contribution is -2.49. The Morgan fingerprint density at radius 2 is 1.85 bits per heavy atom. The van der Waals surface area contributed by atoms with Crippen molar-refractivity contribution in [3.63, 3.8) is 0 Å². The van der Waals surface area contributed by atoms with Crippen molar-refractivity contribution in [1.82, 2.24) is 4.90 Å². The molecule has 1 fully saturated rings. The SMILES string of the molecule is O=C1c2ccccc2N[C@H](c2ccc(Cl)c([N+](=O)[O-])c2)N1C1CCCCC1. The van der Waals surface area contributed by atoms with Crippen LogP contribution in [0.2, 0.25) is 5.02 Å². The van der Waals surface area contributed by atoms with Gasteiger partial charge >= 0.3 is 0 Å². The first kappa shape index (κ1) is 17.8. The van der Waals surface area contributed by atoms with Gasteiger partial charge in [-0.2, -0.15) is 0 Å². The molecule has 2 aromatic rings. The number of hydrogen-bond acceptors (Lipinski definition) is 4. The molecule has 1 atom stereocenters. The van der Waals surface area contributed by atoms with Crippen molar-refractivity contribution >= 4 is 28.9 Å². The van der Waals surface area contributed by atoms with E-state index in [0.29, 0.717) is 11.1 Å². The second-order valence-corrected chi connectivity index (χ2v) is 7.47. The first-order valence-electron chi connectivity index (χ1n) is 9.18. The summed E-state index contributed by atoms with van der Waals surface area (Å²) in [6.45, 7) is 0. The maximum Gasteiger partial charge on any atom is 0.288 e. The van der Waals surface area contributed by atoms with Crippen LogP contribution in [0.25, 0.3) is 0 Å². The summed E-state index contributed by atoms with van der Waals surface area (Å²) >= 11 is 5.98. The average Bonchev–Trinajstić information content (AvgIpc) is 2.69. The summed E-state index contributed by atoms with van der Waals surface area (Å²) in [6, 6.07) is 12.3. The predicted octanol–water partition coefficient (Wildman–Crippen LogP) is 5.15. The molecule has 0 spiro atoms. The molecular weight excluding hydrogens is 366 g/mol. The zero-order chi connectivity index (χ0) is 19.0. The third-order valence-corrected chi connectivity index (χ3v) is 5.73. The van der Waals surface area contributed by atoms with E-state index in [4.69, 9.17) is 11.6 Å². The second kappa shape index (κ2) is 7.19. The minimum atomic E-state index is -0.491. The summed E-state index contributed by atoms with van der Waals surface area (Å²) in [6.07, 6.45) is 4.79. The standard InChI is InChI=1S/C20H20ClN3O3/c21-16-11-10-13(12-18(16)24(26)27)19-22-17-9-5-4-8-15(17)20(25)23(19)14-6-2-1-3-7-14/h4-5,8-12,14,19,22H,1-3,6-7H2/t19-/m0/s1. The minimum absolute atomic E-state index is 0.0288. The fraction of sp³-hybridized carbons (Fsp3) is 0.350. The number of benzene rings is 2. The van der Waals surface area contributed by atoms with E-state index in [0.717, 1.165) is 31.4 Å². The summed E-state index contributed by atoms with van der Waals surface area (Å²) in [5, 5.41) is 14.8. The number of amides is 1. The molecule has 0 bridgehead atoms. The Hall–Kier alpha value is -2.60. The number of carbonyl (C=O) groups excluding carboxylic acids is 1. The first-order chi connectivity index (χ1) is 13.1. The van der Waals surface area contributed by atoms with Crippen LogP contribution in [0.3, 0.4) is 0 Å². The number of rotatable bonds is 3. The molecule has 0 saturated heterocycles. The Kier molecular flexibility index (Phi) is 4.74. The summed E-state index contributed by atoms with van der Waals surface area (Å²) in [5.74, 6) is -0.0288. The molecule has 4 rings (SSSR count). The van der Waals surface area contributed by atoms with Gasteiger partial charge < -0.3 is 10.2 Å². The topological polar surface area (TPSA) is 75.5 Å². The molecule has 0 aromatic heterocycles. The number of para-hydroxylation sites is 1. The molecular formula is C20H20ClN3O3. The third-order valence-electron chi connectivity index (χ3n) is 5.41. The molecule has 1 aliphatic heterocycles. The zero-order valence-corrected chi connectivity index (χ0v) is 15.5. The largest absolute Gasteiger partial charge is 0.361 e. The number of halogens is 1. The zero-order valence-electron chi connectivity index (χ0n) is 14.7. The van der Waals surface area contributed by atoms with Gasteiger partial charge in [-0.3, -0.25) is 14.9 Å². The van der Waals surface area contributed by atoms with Gasteiger partial charge in [0, 0.05) is 23.4 Å². The first-order valence-corrected chi connectivity index (χ1v) is 9.56. The smallest absolute Gasteiger partial charge is 0.288 e. The van der Waals surface area contributed by atoms with E-state index in [-0.39, 0.29) is 22.7 Å². The van der Waals surface area contributed by atoms with Crippen molar-refractivity contribution in [3.8, 4) is 0 Å². The van der Waals surface area contributed by atoms with Gasteiger partial charge in [-0.15, -0.1) is 0 Å². The highest BCUT2D eigenvalue weighted by Gasteiger charge is 2.38. The summed E-state index contributed by atoms with van der Waals surface area (Å²) < 4.78 is 0. The molecule has 1 heterocycles. The highest BCUT2D eigenvalue weighted by molar-refractivity contribution is 6.32. The van der Waals surface area contributed by atoms with Crippen molar-refractivity contribution in [2.24, 2.45) is 0 Å². The Bertz CT molecular complexity index is 896. The third kappa shape index (κ3) is 3.25. The van der Waals surface area contributed by atoms with Crippen molar-refractivity contribution < 1.29 is 9.72 Å². The van der Waals surface area contributed by atoms with Gasteiger partial charge in [0.2, 0.25) is 0 Å². The lowest BCUT2D eigenvalue weighted by atomic mass is 9.91. The predicted molar refractivity (Wildman–Crippen MR) is 104 cm³/mol. The number of nitrogens with one attached hydrogen (secondary N) is 1. The van der Waals surface area contributed by atoms with E-state index in [2.05, 4.69) is 5.32 Å². The molecule has 1 amide bonds. The highest BCUT2D eigenvalue weighted by Crippen LogP contribution is 2.39. The van der Waals surface area contributed by atoms with Crippen LogP contribution >= 0.6 is 11.6 Å². The molecule has 140 valence electrons. The van der Waals surface area contributed by atoms with Crippen LogP contribution in [0, 0.1) is 10.1 Å². The Morgan fingerprint density at radius 3 is 2.59 bits per heavy atom.